The Bertz CT molecular complexity index is 711. The maximum atomic E-state index is 12.6. The summed E-state index contributed by atoms with van der Waals surface area (Å²) in [4.78, 5) is 11.7. The van der Waals surface area contributed by atoms with Gasteiger partial charge in [0.25, 0.3) is 0 Å². The molecule has 2 nitrogen and oxygen atoms in total. The van der Waals surface area contributed by atoms with Gasteiger partial charge in [-0.25, -0.2) is 0 Å². The van der Waals surface area contributed by atoms with Crippen LogP contribution in [0.25, 0.3) is 6.08 Å². The van der Waals surface area contributed by atoms with Crippen LogP contribution in [0.5, 0.6) is 0 Å². The molecule has 114 valence electrons. The maximum Gasteiger partial charge on any atom is 0.416 e. The van der Waals surface area contributed by atoms with E-state index < -0.39 is 17.6 Å². The van der Waals surface area contributed by atoms with Gasteiger partial charge in [0.2, 0.25) is 5.91 Å². The number of hydrogen-bond donors (Lipinski definition) is 1. The van der Waals surface area contributed by atoms with Gasteiger partial charge in [-0.1, -0.05) is 34.1 Å². The summed E-state index contributed by atoms with van der Waals surface area (Å²) in [6.07, 6.45) is -1.87. The van der Waals surface area contributed by atoms with E-state index in [1.165, 1.54) is 24.3 Å². The number of carbonyl (C=O) groups is 1. The molecule has 1 N–H and O–H groups in total. The van der Waals surface area contributed by atoms with Crippen molar-refractivity contribution in [1.29, 1.82) is 0 Å². The third-order valence-electron chi connectivity index (χ3n) is 2.73. The fraction of sp³-hybridized carbons (Fsp3) is 0.0625. The van der Waals surface area contributed by atoms with Gasteiger partial charge in [-0.15, -0.1) is 0 Å². The highest BCUT2D eigenvalue weighted by atomic mass is 79.9. The molecule has 0 aliphatic rings. The standard InChI is InChI=1S/C16H11BrF3NO/c17-13-5-2-6-14(10-13)21-15(22)8-7-11-3-1-4-12(9-11)16(18,19)20/h1-10H,(H,21,22)/b8-7+. The van der Waals surface area contributed by atoms with Crippen LogP contribution in [0.4, 0.5) is 18.9 Å². The summed E-state index contributed by atoms with van der Waals surface area (Å²) >= 11 is 3.28. The van der Waals surface area contributed by atoms with E-state index in [1.807, 2.05) is 6.07 Å². The molecular formula is C16H11BrF3NO. The van der Waals surface area contributed by atoms with Crippen molar-refractivity contribution in [2.75, 3.05) is 5.32 Å². The topological polar surface area (TPSA) is 29.1 Å². The van der Waals surface area contributed by atoms with E-state index in [0.717, 1.165) is 16.6 Å². The quantitative estimate of drug-likeness (QED) is 0.747. The molecule has 0 aliphatic heterocycles. The summed E-state index contributed by atoms with van der Waals surface area (Å²) in [6.45, 7) is 0. The molecule has 0 radical (unpaired) electrons. The second kappa shape index (κ2) is 6.79. The first-order valence-electron chi connectivity index (χ1n) is 6.26. The highest BCUT2D eigenvalue weighted by Gasteiger charge is 2.30. The van der Waals surface area contributed by atoms with Crippen LogP contribution in [0.1, 0.15) is 11.1 Å². The van der Waals surface area contributed by atoms with Crippen molar-refractivity contribution in [3.8, 4) is 0 Å². The first-order chi connectivity index (χ1) is 10.3. The second-order valence-corrected chi connectivity index (χ2v) is 5.37. The van der Waals surface area contributed by atoms with Crippen LogP contribution in [0.2, 0.25) is 0 Å². The molecule has 1 amide bonds. The molecule has 0 aromatic heterocycles. The number of anilines is 1. The van der Waals surface area contributed by atoms with Crippen molar-refractivity contribution in [3.05, 3.63) is 70.2 Å². The van der Waals surface area contributed by atoms with Gasteiger partial charge in [0.1, 0.15) is 0 Å². The van der Waals surface area contributed by atoms with Crippen LogP contribution < -0.4 is 5.32 Å². The number of carbonyl (C=O) groups excluding carboxylic acids is 1. The van der Waals surface area contributed by atoms with Gasteiger partial charge in [0, 0.05) is 16.2 Å². The van der Waals surface area contributed by atoms with Crippen molar-refractivity contribution >= 4 is 33.6 Å². The molecule has 2 aromatic rings. The Morgan fingerprint density at radius 3 is 2.50 bits per heavy atom. The Balaban J connectivity index is 2.07. The van der Waals surface area contributed by atoms with E-state index in [0.29, 0.717) is 11.3 Å². The zero-order valence-corrected chi connectivity index (χ0v) is 12.8. The molecular weight excluding hydrogens is 359 g/mol. The predicted molar refractivity (Wildman–Crippen MR) is 83.2 cm³/mol. The third-order valence-corrected chi connectivity index (χ3v) is 3.23. The van der Waals surface area contributed by atoms with Gasteiger partial charge >= 0.3 is 6.18 Å². The Labute approximate surface area is 133 Å². The molecule has 0 aliphatic carbocycles. The van der Waals surface area contributed by atoms with Crippen LogP contribution in [0, 0.1) is 0 Å². The Morgan fingerprint density at radius 1 is 1.09 bits per heavy atom. The number of hydrogen-bond acceptors (Lipinski definition) is 1. The molecule has 0 spiro atoms. The van der Waals surface area contributed by atoms with E-state index in [-0.39, 0.29) is 0 Å². The maximum absolute atomic E-state index is 12.6. The SMILES string of the molecule is O=C(/C=C/c1cccc(C(F)(F)F)c1)Nc1cccc(Br)c1. The van der Waals surface area contributed by atoms with E-state index in [9.17, 15) is 18.0 Å². The molecule has 2 aromatic carbocycles. The number of amides is 1. The molecule has 22 heavy (non-hydrogen) atoms. The van der Waals surface area contributed by atoms with Crippen molar-refractivity contribution in [2.24, 2.45) is 0 Å². The van der Waals surface area contributed by atoms with Gasteiger partial charge in [0.15, 0.2) is 0 Å². The van der Waals surface area contributed by atoms with Crippen molar-refractivity contribution in [1.82, 2.24) is 0 Å². The molecule has 0 fully saturated rings. The minimum absolute atomic E-state index is 0.305. The fourth-order valence-corrected chi connectivity index (χ4v) is 2.14. The zero-order valence-electron chi connectivity index (χ0n) is 11.2. The summed E-state index contributed by atoms with van der Waals surface area (Å²) in [7, 11) is 0. The Hall–Kier alpha value is -2.08. The minimum Gasteiger partial charge on any atom is -0.322 e. The van der Waals surface area contributed by atoms with Crippen LogP contribution in [0.3, 0.4) is 0 Å². The molecule has 6 heteroatoms. The predicted octanol–water partition coefficient (Wildman–Crippen LogP) is 5.12. The van der Waals surface area contributed by atoms with Crippen molar-refractivity contribution in [3.63, 3.8) is 0 Å². The molecule has 0 unspecified atom stereocenters. The van der Waals surface area contributed by atoms with Crippen LogP contribution in [-0.4, -0.2) is 5.91 Å². The third kappa shape index (κ3) is 4.73. The fourth-order valence-electron chi connectivity index (χ4n) is 1.74. The number of alkyl halides is 3. The van der Waals surface area contributed by atoms with Crippen LogP contribution >= 0.6 is 15.9 Å². The van der Waals surface area contributed by atoms with E-state index in [1.54, 1.807) is 18.2 Å². The average molecular weight is 370 g/mol. The summed E-state index contributed by atoms with van der Waals surface area (Å²) in [5.41, 5.74) is 0.148. The molecule has 0 atom stereocenters. The van der Waals surface area contributed by atoms with E-state index >= 15 is 0 Å². The molecule has 0 saturated heterocycles. The lowest BCUT2D eigenvalue weighted by Gasteiger charge is -2.06. The lowest BCUT2D eigenvalue weighted by molar-refractivity contribution is -0.137. The largest absolute Gasteiger partial charge is 0.416 e. The molecule has 0 heterocycles. The van der Waals surface area contributed by atoms with Gasteiger partial charge in [0.05, 0.1) is 5.56 Å². The first kappa shape index (κ1) is 16.3. The normalized spacial score (nSPS) is 11.6. The highest BCUT2D eigenvalue weighted by molar-refractivity contribution is 9.10. The number of nitrogens with one attached hydrogen (secondary N) is 1. The number of benzene rings is 2. The Kier molecular flexibility index (Phi) is 5.03. The minimum atomic E-state index is -4.40. The van der Waals surface area contributed by atoms with Crippen LogP contribution in [0.15, 0.2) is 59.1 Å². The zero-order chi connectivity index (χ0) is 16.2. The number of rotatable bonds is 3. The van der Waals surface area contributed by atoms with Crippen molar-refractivity contribution in [2.45, 2.75) is 6.18 Å². The van der Waals surface area contributed by atoms with Gasteiger partial charge in [-0.05, 0) is 42.0 Å². The average Bonchev–Trinajstić information content (AvgIpc) is 2.45. The lowest BCUT2D eigenvalue weighted by Crippen LogP contribution is -2.07. The summed E-state index contributed by atoms with van der Waals surface area (Å²) in [6, 6.07) is 11.8. The van der Waals surface area contributed by atoms with Crippen molar-refractivity contribution < 1.29 is 18.0 Å². The summed E-state index contributed by atoms with van der Waals surface area (Å²) in [5, 5.41) is 2.62. The molecule has 2 rings (SSSR count). The summed E-state index contributed by atoms with van der Waals surface area (Å²) in [5.74, 6) is -0.421. The first-order valence-corrected chi connectivity index (χ1v) is 7.06. The second-order valence-electron chi connectivity index (χ2n) is 4.46. The van der Waals surface area contributed by atoms with Gasteiger partial charge in [-0.2, -0.15) is 13.2 Å². The summed E-state index contributed by atoms with van der Waals surface area (Å²) < 4.78 is 38.6. The van der Waals surface area contributed by atoms with Gasteiger partial charge in [-0.3, -0.25) is 4.79 Å². The smallest absolute Gasteiger partial charge is 0.322 e. The lowest BCUT2D eigenvalue weighted by atomic mass is 10.1. The number of halogens is 4. The monoisotopic (exact) mass is 369 g/mol. The van der Waals surface area contributed by atoms with E-state index in [4.69, 9.17) is 0 Å². The van der Waals surface area contributed by atoms with E-state index in [2.05, 4.69) is 21.2 Å². The highest BCUT2D eigenvalue weighted by Crippen LogP contribution is 2.29. The molecule has 0 bridgehead atoms. The van der Waals surface area contributed by atoms with Gasteiger partial charge < -0.3 is 5.32 Å². The molecule has 0 saturated carbocycles. The Morgan fingerprint density at radius 2 is 1.82 bits per heavy atom. The van der Waals surface area contributed by atoms with Crippen LogP contribution in [-0.2, 0) is 11.0 Å².